The molecule has 1 atom stereocenters. The smallest absolute Gasteiger partial charge is 0.322 e. The Morgan fingerprint density at radius 3 is 1.42 bits per heavy atom. The third kappa shape index (κ3) is 41.7. The third-order valence-electron chi connectivity index (χ3n) is 9.45. The van der Waals surface area contributed by atoms with E-state index >= 15 is 0 Å². The topological polar surface area (TPSA) is 92.7 Å². The molecule has 0 aromatic rings. The Morgan fingerprint density at radius 1 is 0.509 bits per heavy atom. The van der Waals surface area contributed by atoms with E-state index in [1.54, 1.807) is 0 Å². The van der Waals surface area contributed by atoms with Crippen molar-refractivity contribution < 1.29 is 24.2 Å². The predicted octanol–water partition coefficient (Wildman–Crippen LogP) is 13.6. The lowest BCUT2D eigenvalue weighted by Crippen LogP contribution is -2.28. The minimum absolute atomic E-state index is 0.0207. The highest BCUT2D eigenvalue weighted by molar-refractivity contribution is 5.80. The lowest BCUT2D eigenvalue weighted by atomic mass is 10.0. The van der Waals surface area contributed by atoms with E-state index in [0.29, 0.717) is 12.8 Å². The van der Waals surface area contributed by atoms with Crippen molar-refractivity contribution in [3.05, 3.63) is 60.8 Å². The second kappa shape index (κ2) is 41.9. The molecule has 0 aliphatic rings. The van der Waals surface area contributed by atoms with Crippen LogP contribution in [0.1, 0.15) is 206 Å². The average molecular weight is 740 g/mol. The van der Waals surface area contributed by atoms with Crippen molar-refractivity contribution in [2.45, 2.75) is 213 Å². The van der Waals surface area contributed by atoms with Crippen LogP contribution in [0.5, 0.6) is 0 Å². The molecule has 0 aliphatic heterocycles. The zero-order chi connectivity index (χ0) is 38.7. The van der Waals surface area contributed by atoms with E-state index in [1.807, 2.05) is 0 Å². The molecule has 0 radical (unpaired) electrons. The van der Waals surface area contributed by atoms with Gasteiger partial charge >= 0.3 is 11.9 Å². The van der Waals surface area contributed by atoms with E-state index in [9.17, 15) is 14.4 Å². The summed E-state index contributed by atoms with van der Waals surface area (Å²) in [7, 11) is 0. The van der Waals surface area contributed by atoms with Crippen molar-refractivity contribution in [1.29, 1.82) is 0 Å². The number of hydrogen-bond acceptors (Lipinski definition) is 4. The molecule has 0 aliphatic carbocycles. The molecule has 304 valence electrons. The van der Waals surface area contributed by atoms with Crippen LogP contribution in [0.3, 0.4) is 0 Å². The van der Waals surface area contributed by atoms with Crippen molar-refractivity contribution in [2.75, 3.05) is 6.54 Å². The number of amides is 1. The van der Waals surface area contributed by atoms with Crippen molar-refractivity contribution >= 4 is 17.8 Å². The molecule has 0 saturated carbocycles. The van der Waals surface area contributed by atoms with Crippen molar-refractivity contribution in [1.82, 2.24) is 5.32 Å². The van der Waals surface area contributed by atoms with Crippen LogP contribution in [0.4, 0.5) is 0 Å². The number of allylic oxidation sites excluding steroid dienone is 10. The largest absolute Gasteiger partial charge is 0.480 e. The highest BCUT2D eigenvalue weighted by atomic mass is 16.5. The summed E-state index contributed by atoms with van der Waals surface area (Å²) in [4.78, 5) is 35.0. The number of carboxylic acid groups (broad SMARTS) is 1. The Balaban J connectivity index is 4.02. The summed E-state index contributed by atoms with van der Waals surface area (Å²) in [5, 5.41) is 11.1. The zero-order valence-corrected chi connectivity index (χ0v) is 34.4. The number of esters is 1. The van der Waals surface area contributed by atoms with Gasteiger partial charge in [-0.15, -0.1) is 0 Å². The molecule has 2 N–H and O–H groups in total. The SMILES string of the molecule is CC/C=C\C/C=C\C/C=C\C/C=C\C/C=C\CCCCCCCCCC(=O)OC(CCCCCCCCCC)CCCCCCCC(=O)NCC(=O)O. The Labute approximate surface area is 326 Å². The van der Waals surface area contributed by atoms with Gasteiger partial charge in [-0.05, 0) is 83.5 Å². The third-order valence-corrected chi connectivity index (χ3v) is 9.45. The first-order chi connectivity index (χ1) is 26.0. The molecule has 1 unspecified atom stereocenters. The van der Waals surface area contributed by atoms with Gasteiger partial charge in [-0.2, -0.15) is 0 Å². The first-order valence-corrected chi connectivity index (χ1v) is 21.9. The molecule has 1 amide bonds. The number of carbonyl (C=O) groups is 3. The van der Waals surface area contributed by atoms with Gasteiger partial charge in [-0.1, -0.05) is 171 Å². The van der Waals surface area contributed by atoms with Crippen LogP contribution < -0.4 is 5.32 Å². The van der Waals surface area contributed by atoms with E-state index in [2.05, 4.69) is 79.9 Å². The van der Waals surface area contributed by atoms with Crippen LogP contribution in [0, 0.1) is 0 Å². The lowest BCUT2D eigenvalue weighted by Gasteiger charge is -2.18. The maximum absolute atomic E-state index is 12.7. The van der Waals surface area contributed by atoms with Gasteiger partial charge in [0.05, 0.1) is 0 Å². The molecule has 6 nitrogen and oxygen atoms in total. The molecule has 0 aromatic carbocycles. The van der Waals surface area contributed by atoms with Gasteiger partial charge in [0.15, 0.2) is 0 Å². The fourth-order valence-corrected chi connectivity index (χ4v) is 6.25. The minimum atomic E-state index is -1.02. The number of ether oxygens (including phenoxy) is 1. The Hall–Kier alpha value is -2.89. The number of unbranched alkanes of at least 4 members (excludes halogenated alkanes) is 18. The molecule has 6 heteroatoms. The quantitative estimate of drug-likeness (QED) is 0.0372. The van der Waals surface area contributed by atoms with Crippen molar-refractivity contribution in [3.8, 4) is 0 Å². The molecule has 0 bridgehead atoms. The zero-order valence-electron chi connectivity index (χ0n) is 34.4. The van der Waals surface area contributed by atoms with Crippen LogP contribution in [0.25, 0.3) is 0 Å². The van der Waals surface area contributed by atoms with Crippen LogP contribution in [0.2, 0.25) is 0 Å². The lowest BCUT2D eigenvalue weighted by molar-refractivity contribution is -0.150. The number of carboxylic acids is 1. The summed E-state index contributed by atoms with van der Waals surface area (Å²) in [6, 6.07) is 0. The number of nitrogens with one attached hydrogen (secondary N) is 1. The fraction of sp³-hybridized carbons (Fsp3) is 0.723. The molecule has 0 rings (SSSR count). The second-order valence-corrected chi connectivity index (χ2v) is 14.6. The monoisotopic (exact) mass is 740 g/mol. The van der Waals surface area contributed by atoms with Gasteiger partial charge < -0.3 is 15.2 Å². The Bertz CT molecular complexity index is 995. The van der Waals surface area contributed by atoms with Crippen molar-refractivity contribution in [3.63, 3.8) is 0 Å². The van der Waals surface area contributed by atoms with E-state index < -0.39 is 5.97 Å². The average Bonchev–Trinajstić information content (AvgIpc) is 3.14. The van der Waals surface area contributed by atoms with E-state index in [0.717, 1.165) is 103 Å². The molecule has 53 heavy (non-hydrogen) atoms. The first kappa shape index (κ1) is 50.1. The van der Waals surface area contributed by atoms with Gasteiger partial charge in [0.25, 0.3) is 0 Å². The summed E-state index contributed by atoms with van der Waals surface area (Å²) in [6.45, 7) is 4.10. The minimum Gasteiger partial charge on any atom is -0.480 e. The van der Waals surface area contributed by atoms with Crippen molar-refractivity contribution in [2.24, 2.45) is 0 Å². The molecule has 0 aromatic heterocycles. The normalized spacial score (nSPS) is 12.6. The predicted molar refractivity (Wildman–Crippen MR) is 226 cm³/mol. The van der Waals surface area contributed by atoms with Gasteiger partial charge in [-0.25, -0.2) is 0 Å². The van der Waals surface area contributed by atoms with Gasteiger partial charge in [0, 0.05) is 12.8 Å². The number of aliphatic carboxylic acids is 1. The molecular formula is C47H81NO5. The summed E-state index contributed by atoms with van der Waals surface area (Å²) in [6.07, 6.45) is 54.9. The van der Waals surface area contributed by atoms with E-state index in [1.165, 1.54) is 77.0 Å². The summed E-state index contributed by atoms with van der Waals surface area (Å²) in [5.41, 5.74) is 0. The summed E-state index contributed by atoms with van der Waals surface area (Å²) in [5.74, 6) is -1.24. The molecular weight excluding hydrogens is 659 g/mol. The Morgan fingerprint density at radius 2 is 0.925 bits per heavy atom. The van der Waals surface area contributed by atoms with Gasteiger partial charge in [-0.3, -0.25) is 14.4 Å². The molecule has 0 heterocycles. The van der Waals surface area contributed by atoms with Gasteiger partial charge in [0.1, 0.15) is 12.6 Å². The molecule has 0 spiro atoms. The van der Waals surface area contributed by atoms with Gasteiger partial charge in [0.2, 0.25) is 5.91 Å². The van der Waals surface area contributed by atoms with Crippen LogP contribution in [0.15, 0.2) is 60.8 Å². The molecule has 0 fully saturated rings. The molecule has 0 saturated heterocycles. The Kier molecular flexibility index (Phi) is 39.6. The number of carbonyl (C=O) groups excluding carboxylic acids is 2. The van der Waals surface area contributed by atoms with Crippen LogP contribution >= 0.6 is 0 Å². The van der Waals surface area contributed by atoms with Crippen LogP contribution in [-0.2, 0) is 19.1 Å². The maximum Gasteiger partial charge on any atom is 0.322 e. The van der Waals surface area contributed by atoms with E-state index in [4.69, 9.17) is 9.84 Å². The fourth-order valence-electron chi connectivity index (χ4n) is 6.25. The number of rotatable bonds is 39. The summed E-state index contributed by atoms with van der Waals surface area (Å²) >= 11 is 0. The number of hydrogen-bond donors (Lipinski definition) is 2. The van der Waals surface area contributed by atoms with E-state index in [-0.39, 0.29) is 24.5 Å². The highest BCUT2D eigenvalue weighted by Crippen LogP contribution is 2.19. The standard InChI is InChI=1S/C47H81NO5/c1-3-5-7-9-11-13-14-15-16-17-18-19-20-21-22-23-24-25-26-27-29-34-38-42-47(52)53-44(39-35-31-28-12-10-8-6-4-2)40-36-32-30-33-37-41-45(49)48-43-46(50)51/h5,7,11,13,15-16,18-19,21-22,44H,3-4,6,8-10,12,14,17,20,23-43H2,1-2H3,(H,48,49)(H,50,51)/b7-5-,13-11-,16-15-,19-18-,22-21-. The highest BCUT2D eigenvalue weighted by Gasteiger charge is 2.14. The van der Waals surface area contributed by atoms with Crippen LogP contribution in [-0.4, -0.2) is 35.6 Å². The summed E-state index contributed by atoms with van der Waals surface area (Å²) < 4.78 is 6.01. The first-order valence-electron chi connectivity index (χ1n) is 21.9. The second-order valence-electron chi connectivity index (χ2n) is 14.6. The maximum atomic E-state index is 12.7.